The summed E-state index contributed by atoms with van der Waals surface area (Å²) >= 11 is 0. The molecule has 0 aliphatic carbocycles. The highest BCUT2D eigenvalue weighted by molar-refractivity contribution is 6.14. The minimum atomic E-state index is -0.355. The third-order valence-corrected chi connectivity index (χ3v) is 6.12. The topological polar surface area (TPSA) is 108 Å². The van der Waals surface area contributed by atoms with Crippen LogP contribution in [0.1, 0.15) is 29.8 Å². The zero-order valence-electron chi connectivity index (χ0n) is 19.1. The largest absolute Gasteiger partial charge is 0.505 e. The molecule has 2 atom stereocenters. The molecule has 0 bridgehead atoms. The molecule has 4 aromatic rings. The van der Waals surface area contributed by atoms with Gasteiger partial charge in [0, 0.05) is 61.8 Å². The van der Waals surface area contributed by atoms with Crippen molar-refractivity contribution in [2.45, 2.75) is 32.9 Å². The van der Waals surface area contributed by atoms with Crippen LogP contribution >= 0.6 is 0 Å². The molecule has 3 heterocycles. The number of fused-ring (bicyclic) bond motifs is 2. The molecule has 5 rings (SSSR count). The maximum atomic E-state index is 13.3. The Labute approximate surface area is 191 Å². The van der Waals surface area contributed by atoms with Crippen molar-refractivity contribution >= 4 is 39.2 Å². The van der Waals surface area contributed by atoms with E-state index in [9.17, 15) is 9.90 Å². The van der Waals surface area contributed by atoms with Crippen molar-refractivity contribution in [3.05, 3.63) is 47.9 Å². The minimum absolute atomic E-state index is 0.00496. The van der Waals surface area contributed by atoms with Gasteiger partial charge < -0.3 is 20.6 Å². The number of aryl methyl sites for hydroxylation is 2. The summed E-state index contributed by atoms with van der Waals surface area (Å²) in [6, 6.07) is 6.14. The second kappa shape index (κ2) is 8.00. The van der Waals surface area contributed by atoms with Gasteiger partial charge in [-0.1, -0.05) is 0 Å². The Kier molecular flexibility index (Phi) is 5.13. The van der Waals surface area contributed by atoms with Crippen molar-refractivity contribution in [2.24, 2.45) is 7.05 Å². The second-order valence-electron chi connectivity index (χ2n) is 8.85. The number of benzene rings is 2. The SMILES string of the molecule is Cc1c(O)c(NC(=O)c2ccc(N3C[C@@H](C)N[C@H](C)C3)c3nccnc23)cc2cn(C)nc12. The lowest BCUT2D eigenvalue weighted by Gasteiger charge is -2.38. The highest BCUT2D eigenvalue weighted by atomic mass is 16.3. The van der Waals surface area contributed by atoms with Crippen LogP contribution in [-0.4, -0.2) is 55.9 Å². The fourth-order valence-corrected chi connectivity index (χ4v) is 4.73. The van der Waals surface area contributed by atoms with Crippen LogP contribution in [0.5, 0.6) is 5.75 Å². The first-order chi connectivity index (χ1) is 15.8. The summed E-state index contributed by atoms with van der Waals surface area (Å²) in [5.41, 5.74) is 4.24. The van der Waals surface area contributed by atoms with Crippen molar-refractivity contribution in [3.8, 4) is 5.75 Å². The summed E-state index contributed by atoms with van der Waals surface area (Å²) in [6.07, 6.45) is 5.09. The third-order valence-electron chi connectivity index (χ3n) is 6.12. The predicted molar refractivity (Wildman–Crippen MR) is 129 cm³/mol. The van der Waals surface area contributed by atoms with Gasteiger partial charge in [-0.05, 0) is 39.0 Å². The van der Waals surface area contributed by atoms with Gasteiger partial charge >= 0.3 is 0 Å². The Hall–Kier alpha value is -3.72. The molecular formula is C24H27N7O2. The number of carbonyl (C=O) groups excluding carboxylic acids is 1. The first-order valence-corrected chi connectivity index (χ1v) is 11.0. The van der Waals surface area contributed by atoms with E-state index in [-0.39, 0.29) is 11.7 Å². The number of hydrogen-bond acceptors (Lipinski definition) is 7. The highest BCUT2D eigenvalue weighted by Gasteiger charge is 2.25. The number of phenolic OH excluding ortho intramolecular Hbond substituents is 1. The number of aromatic hydroxyl groups is 1. The van der Waals surface area contributed by atoms with Gasteiger partial charge in [0.1, 0.15) is 16.8 Å². The molecule has 3 N–H and O–H groups in total. The third kappa shape index (κ3) is 3.74. The van der Waals surface area contributed by atoms with Crippen molar-refractivity contribution < 1.29 is 9.90 Å². The molecule has 0 radical (unpaired) electrons. The molecular weight excluding hydrogens is 418 g/mol. The molecule has 2 aromatic carbocycles. The number of amides is 1. The maximum absolute atomic E-state index is 13.3. The standard InChI is InChI=1S/C24H27N7O2/c1-13-10-31(11-14(2)27-13)19-6-5-17(21-22(19)26-8-7-25-21)24(33)28-18-9-16-12-30(4)29-20(16)15(3)23(18)32/h5-9,12-14,27,32H,10-11H2,1-4H3,(H,28,33)/t13-,14-/m1/s1. The molecule has 2 aromatic heterocycles. The summed E-state index contributed by atoms with van der Waals surface area (Å²) in [7, 11) is 1.82. The van der Waals surface area contributed by atoms with Gasteiger partial charge in [0.05, 0.1) is 22.5 Å². The first kappa shape index (κ1) is 21.1. The molecule has 1 amide bonds. The van der Waals surface area contributed by atoms with E-state index in [1.54, 1.807) is 36.1 Å². The maximum Gasteiger partial charge on any atom is 0.258 e. The Balaban J connectivity index is 1.53. The van der Waals surface area contributed by atoms with Crippen LogP contribution in [-0.2, 0) is 7.05 Å². The molecule has 1 fully saturated rings. The van der Waals surface area contributed by atoms with Gasteiger partial charge in [-0.15, -0.1) is 0 Å². The van der Waals surface area contributed by atoms with E-state index in [0.29, 0.717) is 45.4 Å². The van der Waals surface area contributed by atoms with Crippen molar-refractivity contribution in [2.75, 3.05) is 23.3 Å². The lowest BCUT2D eigenvalue weighted by Crippen LogP contribution is -2.54. The smallest absolute Gasteiger partial charge is 0.258 e. The van der Waals surface area contributed by atoms with E-state index >= 15 is 0 Å². The van der Waals surface area contributed by atoms with Gasteiger partial charge in [0.2, 0.25) is 0 Å². The molecule has 170 valence electrons. The van der Waals surface area contributed by atoms with E-state index in [1.165, 1.54) is 0 Å². The first-order valence-electron chi connectivity index (χ1n) is 11.0. The molecule has 0 spiro atoms. The summed E-state index contributed by atoms with van der Waals surface area (Å²) in [4.78, 5) is 24.6. The van der Waals surface area contributed by atoms with Crippen molar-refractivity contribution in [3.63, 3.8) is 0 Å². The predicted octanol–water partition coefficient (Wildman–Crippen LogP) is 2.97. The van der Waals surface area contributed by atoms with Gasteiger partial charge in [-0.3, -0.25) is 19.4 Å². The molecule has 0 saturated carbocycles. The fraction of sp³-hybridized carbons (Fsp3) is 0.333. The lowest BCUT2D eigenvalue weighted by molar-refractivity contribution is 0.102. The van der Waals surface area contributed by atoms with E-state index < -0.39 is 0 Å². The number of hydrogen-bond donors (Lipinski definition) is 3. The fourth-order valence-electron chi connectivity index (χ4n) is 4.73. The average molecular weight is 446 g/mol. The molecule has 1 saturated heterocycles. The number of piperazine rings is 1. The monoisotopic (exact) mass is 445 g/mol. The van der Waals surface area contributed by atoms with E-state index in [2.05, 4.69) is 44.4 Å². The Bertz CT molecular complexity index is 1370. The van der Waals surface area contributed by atoms with E-state index in [4.69, 9.17) is 0 Å². The minimum Gasteiger partial charge on any atom is -0.505 e. The quantitative estimate of drug-likeness (QED) is 0.416. The Morgan fingerprint density at radius 2 is 1.82 bits per heavy atom. The molecule has 1 aliphatic heterocycles. The van der Waals surface area contributed by atoms with Crippen LogP contribution < -0.4 is 15.5 Å². The molecule has 9 nitrogen and oxygen atoms in total. The molecule has 1 aliphatic rings. The summed E-state index contributed by atoms with van der Waals surface area (Å²) in [6.45, 7) is 7.79. The number of nitrogens with zero attached hydrogens (tertiary/aromatic N) is 5. The zero-order chi connectivity index (χ0) is 23.3. The van der Waals surface area contributed by atoms with Gasteiger partial charge in [0.15, 0.2) is 0 Å². The Morgan fingerprint density at radius 3 is 2.55 bits per heavy atom. The molecule has 0 unspecified atom stereocenters. The van der Waals surface area contributed by atoms with E-state index in [1.807, 2.05) is 19.3 Å². The summed E-state index contributed by atoms with van der Waals surface area (Å²) in [5.74, 6) is -0.350. The highest BCUT2D eigenvalue weighted by Crippen LogP contribution is 2.35. The number of phenols is 1. The van der Waals surface area contributed by atoms with Crippen molar-refractivity contribution in [1.82, 2.24) is 25.1 Å². The van der Waals surface area contributed by atoms with Gasteiger partial charge in [0.25, 0.3) is 5.91 Å². The lowest BCUT2D eigenvalue weighted by atomic mass is 10.1. The number of nitrogens with one attached hydrogen (secondary N) is 2. The van der Waals surface area contributed by atoms with Gasteiger partial charge in [-0.2, -0.15) is 5.10 Å². The Morgan fingerprint density at radius 1 is 1.12 bits per heavy atom. The molecule has 33 heavy (non-hydrogen) atoms. The summed E-state index contributed by atoms with van der Waals surface area (Å²) < 4.78 is 1.68. The normalized spacial score (nSPS) is 18.7. The number of aromatic nitrogens is 4. The zero-order valence-corrected chi connectivity index (χ0v) is 19.1. The molecule has 9 heteroatoms. The van der Waals surface area contributed by atoms with Crippen LogP contribution in [0.25, 0.3) is 21.9 Å². The summed E-state index contributed by atoms with van der Waals surface area (Å²) in [5, 5.41) is 22.3. The van der Waals surface area contributed by atoms with Crippen molar-refractivity contribution in [1.29, 1.82) is 0 Å². The van der Waals surface area contributed by atoms with Crippen LogP contribution in [0.3, 0.4) is 0 Å². The van der Waals surface area contributed by atoms with Gasteiger partial charge in [-0.25, -0.2) is 0 Å². The number of anilines is 2. The van der Waals surface area contributed by atoms with Crippen LogP contribution in [0.4, 0.5) is 11.4 Å². The van der Waals surface area contributed by atoms with Crippen LogP contribution in [0.15, 0.2) is 36.8 Å². The number of carbonyl (C=O) groups is 1. The van der Waals surface area contributed by atoms with Crippen LogP contribution in [0.2, 0.25) is 0 Å². The number of rotatable bonds is 3. The van der Waals surface area contributed by atoms with Crippen LogP contribution in [0, 0.1) is 6.92 Å². The average Bonchev–Trinajstić information content (AvgIpc) is 3.16. The van der Waals surface area contributed by atoms with E-state index in [0.717, 1.165) is 24.2 Å². The second-order valence-corrected chi connectivity index (χ2v) is 8.85.